The number of nitro benzene ring substituents is 1. The van der Waals surface area contributed by atoms with E-state index in [1.807, 2.05) is 0 Å². The third kappa shape index (κ3) is 3.08. The number of anilines is 2. The summed E-state index contributed by atoms with van der Waals surface area (Å²) in [5.41, 5.74) is 4.19. The molecule has 21 heavy (non-hydrogen) atoms. The quantitative estimate of drug-likeness (QED) is 0.665. The van der Waals surface area contributed by atoms with Crippen LogP contribution in [0.2, 0.25) is 0 Å². The topological polar surface area (TPSA) is 111 Å². The summed E-state index contributed by atoms with van der Waals surface area (Å²) in [6.45, 7) is 0. The summed E-state index contributed by atoms with van der Waals surface area (Å²) in [6.07, 6.45) is 1.22. The van der Waals surface area contributed by atoms with Gasteiger partial charge in [-0.1, -0.05) is 0 Å². The first-order chi connectivity index (χ1) is 9.88. The maximum Gasteiger partial charge on any atom is 0.307 e. The van der Waals surface area contributed by atoms with Crippen molar-refractivity contribution >= 4 is 23.0 Å². The van der Waals surface area contributed by atoms with Crippen LogP contribution in [0.3, 0.4) is 0 Å². The van der Waals surface area contributed by atoms with E-state index in [2.05, 4.69) is 10.3 Å². The van der Waals surface area contributed by atoms with Crippen LogP contribution in [0.1, 0.15) is 10.5 Å². The van der Waals surface area contributed by atoms with Crippen LogP contribution in [0.15, 0.2) is 30.5 Å². The van der Waals surface area contributed by atoms with Crippen LogP contribution in [0, 0.1) is 21.7 Å². The van der Waals surface area contributed by atoms with Crippen molar-refractivity contribution in [3.8, 4) is 0 Å². The highest BCUT2D eigenvalue weighted by Crippen LogP contribution is 2.25. The van der Waals surface area contributed by atoms with E-state index in [-0.39, 0.29) is 5.69 Å². The zero-order valence-electron chi connectivity index (χ0n) is 10.3. The minimum atomic E-state index is -1.33. The van der Waals surface area contributed by atoms with Crippen molar-refractivity contribution in [1.82, 2.24) is 4.98 Å². The first-order valence-electron chi connectivity index (χ1n) is 5.55. The van der Waals surface area contributed by atoms with Gasteiger partial charge in [0, 0.05) is 12.1 Å². The number of nitrogens with zero attached hydrogens (tertiary/aromatic N) is 2. The fourth-order valence-corrected chi connectivity index (χ4v) is 1.50. The van der Waals surface area contributed by atoms with Crippen LogP contribution in [0.5, 0.6) is 0 Å². The van der Waals surface area contributed by atoms with Gasteiger partial charge in [0.2, 0.25) is 5.82 Å². The molecule has 3 N–H and O–H groups in total. The Kier molecular flexibility index (Phi) is 3.74. The number of nitro groups is 1. The molecule has 7 nitrogen and oxygen atoms in total. The molecule has 0 aliphatic heterocycles. The molecule has 0 aliphatic carbocycles. The van der Waals surface area contributed by atoms with E-state index in [0.717, 1.165) is 0 Å². The van der Waals surface area contributed by atoms with E-state index < -0.39 is 33.8 Å². The van der Waals surface area contributed by atoms with Crippen molar-refractivity contribution < 1.29 is 18.5 Å². The Bertz CT molecular complexity index is 719. The molecule has 0 aliphatic rings. The lowest BCUT2D eigenvalue weighted by atomic mass is 10.2. The first-order valence-corrected chi connectivity index (χ1v) is 5.55. The van der Waals surface area contributed by atoms with Crippen molar-refractivity contribution in [2.24, 2.45) is 0 Å². The van der Waals surface area contributed by atoms with Gasteiger partial charge in [-0.05, 0) is 12.1 Å². The highest BCUT2D eigenvalue weighted by atomic mass is 19.1. The fourth-order valence-electron chi connectivity index (χ4n) is 1.50. The molecule has 1 aromatic heterocycles. The van der Waals surface area contributed by atoms with Crippen molar-refractivity contribution in [3.05, 3.63) is 57.9 Å². The van der Waals surface area contributed by atoms with E-state index in [4.69, 9.17) is 5.73 Å². The van der Waals surface area contributed by atoms with Gasteiger partial charge in [-0.3, -0.25) is 14.9 Å². The van der Waals surface area contributed by atoms with Crippen LogP contribution >= 0.6 is 0 Å². The number of hydrogen-bond acceptors (Lipinski definition) is 5. The molecule has 0 unspecified atom stereocenters. The Morgan fingerprint density at radius 2 is 2.00 bits per heavy atom. The number of rotatable bonds is 3. The van der Waals surface area contributed by atoms with E-state index in [9.17, 15) is 23.7 Å². The number of pyridine rings is 1. The predicted octanol–water partition coefficient (Wildman–Crippen LogP) is 2.10. The monoisotopic (exact) mass is 294 g/mol. The van der Waals surface area contributed by atoms with Gasteiger partial charge in [-0.25, -0.2) is 9.37 Å². The average Bonchev–Trinajstić information content (AvgIpc) is 2.42. The second-order valence-corrected chi connectivity index (χ2v) is 3.97. The van der Waals surface area contributed by atoms with E-state index in [1.54, 1.807) is 0 Å². The van der Waals surface area contributed by atoms with Gasteiger partial charge in [0.1, 0.15) is 11.5 Å². The standard InChI is InChI=1S/C12H8F2N4O3/c13-7-3-8(14)11(18(20)21)4-10(7)17-12(19)9-2-1-6(15)5-16-9/h1-5H,15H2,(H,17,19). The highest BCUT2D eigenvalue weighted by molar-refractivity contribution is 6.03. The zero-order chi connectivity index (χ0) is 15.6. The number of nitrogens with two attached hydrogens (primary N) is 1. The van der Waals surface area contributed by atoms with Gasteiger partial charge in [-0.2, -0.15) is 4.39 Å². The van der Waals surface area contributed by atoms with Gasteiger partial charge in [0.25, 0.3) is 5.91 Å². The third-order valence-corrected chi connectivity index (χ3v) is 2.50. The number of carbonyl (C=O) groups excluding carboxylic acids is 1. The van der Waals surface area contributed by atoms with Crippen LogP contribution in [0.25, 0.3) is 0 Å². The van der Waals surface area contributed by atoms with E-state index >= 15 is 0 Å². The summed E-state index contributed by atoms with van der Waals surface area (Å²) < 4.78 is 26.7. The fraction of sp³-hybridized carbons (Fsp3) is 0. The number of hydrogen-bond donors (Lipinski definition) is 2. The molecule has 2 rings (SSSR count). The van der Waals surface area contributed by atoms with E-state index in [0.29, 0.717) is 17.8 Å². The number of halogens is 2. The molecule has 108 valence electrons. The zero-order valence-corrected chi connectivity index (χ0v) is 10.3. The minimum Gasteiger partial charge on any atom is -0.397 e. The Hall–Kier alpha value is -3.10. The molecule has 9 heteroatoms. The third-order valence-electron chi connectivity index (χ3n) is 2.50. The summed E-state index contributed by atoms with van der Waals surface area (Å²) in [5, 5.41) is 12.7. The molecule has 0 saturated heterocycles. The maximum atomic E-state index is 13.5. The van der Waals surface area contributed by atoms with Gasteiger partial charge in [0.15, 0.2) is 0 Å². The largest absolute Gasteiger partial charge is 0.397 e. The Balaban J connectivity index is 2.30. The van der Waals surface area contributed by atoms with Crippen molar-refractivity contribution in [1.29, 1.82) is 0 Å². The lowest BCUT2D eigenvalue weighted by Gasteiger charge is -2.06. The molecular weight excluding hydrogens is 286 g/mol. The summed E-state index contributed by atoms with van der Waals surface area (Å²) in [4.78, 5) is 25.1. The molecule has 0 spiro atoms. The second-order valence-electron chi connectivity index (χ2n) is 3.97. The molecule has 0 radical (unpaired) electrons. The molecule has 0 bridgehead atoms. The molecule has 0 saturated carbocycles. The molecular formula is C12H8F2N4O3. The van der Waals surface area contributed by atoms with Gasteiger partial charge < -0.3 is 11.1 Å². The molecule has 0 atom stereocenters. The molecule has 1 amide bonds. The van der Waals surface area contributed by atoms with Crippen LogP contribution in [-0.4, -0.2) is 15.8 Å². The Labute approximate surface area is 116 Å². The Morgan fingerprint density at radius 3 is 2.57 bits per heavy atom. The van der Waals surface area contributed by atoms with Crippen LogP contribution in [0.4, 0.5) is 25.8 Å². The predicted molar refractivity (Wildman–Crippen MR) is 69.6 cm³/mol. The van der Waals surface area contributed by atoms with Gasteiger partial charge in [0.05, 0.1) is 22.5 Å². The van der Waals surface area contributed by atoms with Gasteiger partial charge >= 0.3 is 5.69 Å². The molecule has 0 fully saturated rings. The van der Waals surface area contributed by atoms with Crippen LogP contribution < -0.4 is 11.1 Å². The van der Waals surface area contributed by atoms with Crippen molar-refractivity contribution in [2.75, 3.05) is 11.1 Å². The van der Waals surface area contributed by atoms with E-state index in [1.165, 1.54) is 18.3 Å². The molecule has 2 aromatic rings. The average molecular weight is 294 g/mol. The maximum absolute atomic E-state index is 13.5. The SMILES string of the molecule is Nc1ccc(C(=O)Nc2cc([N+](=O)[O-])c(F)cc2F)nc1. The summed E-state index contributed by atoms with van der Waals surface area (Å²) >= 11 is 0. The first kappa shape index (κ1) is 14.3. The highest BCUT2D eigenvalue weighted by Gasteiger charge is 2.20. The van der Waals surface area contributed by atoms with Crippen LogP contribution in [-0.2, 0) is 0 Å². The number of nitrogens with one attached hydrogen (secondary N) is 1. The van der Waals surface area contributed by atoms with Crippen molar-refractivity contribution in [3.63, 3.8) is 0 Å². The van der Waals surface area contributed by atoms with Crippen molar-refractivity contribution in [2.45, 2.75) is 0 Å². The summed E-state index contributed by atoms with van der Waals surface area (Å²) in [5.74, 6) is -3.28. The summed E-state index contributed by atoms with van der Waals surface area (Å²) in [7, 11) is 0. The number of amides is 1. The summed E-state index contributed by atoms with van der Waals surface area (Å²) in [6, 6.07) is 3.62. The number of aromatic nitrogens is 1. The minimum absolute atomic E-state index is 0.0735. The van der Waals surface area contributed by atoms with Gasteiger partial charge in [-0.15, -0.1) is 0 Å². The lowest BCUT2D eigenvalue weighted by Crippen LogP contribution is -2.15. The number of benzene rings is 1. The molecule has 1 aromatic carbocycles. The smallest absolute Gasteiger partial charge is 0.307 e. The number of nitrogen functional groups attached to an aromatic ring is 1. The second kappa shape index (κ2) is 5.49. The lowest BCUT2D eigenvalue weighted by molar-refractivity contribution is -0.387. The normalized spacial score (nSPS) is 10.2. The molecule has 1 heterocycles. The Morgan fingerprint density at radius 1 is 1.29 bits per heavy atom. The number of carbonyl (C=O) groups is 1.